The van der Waals surface area contributed by atoms with Gasteiger partial charge in [-0.05, 0) is 74.2 Å². The van der Waals surface area contributed by atoms with Crippen molar-refractivity contribution in [3.05, 3.63) is 47.5 Å². The van der Waals surface area contributed by atoms with E-state index in [4.69, 9.17) is 4.74 Å². The van der Waals surface area contributed by atoms with Crippen LogP contribution in [0.1, 0.15) is 24.0 Å². The SMILES string of the molecule is COc1cc(C)c(S(=O)(=O)Nc2ccc(NC3CC3)cc2)cc1C. The molecule has 0 aromatic heterocycles. The van der Waals surface area contributed by atoms with Gasteiger partial charge in [-0.25, -0.2) is 8.42 Å². The van der Waals surface area contributed by atoms with Crippen molar-refractivity contribution >= 4 is 21.4 Å². The predicted octanol–water partition coefficient (Wildman–Crippen LogP) is 3.69. The summed E-state index contributed by atoms with van der Waals surface area (Å²) in [6.07, 6.45) is 2.40. The van der Waals surface area contributed by atoms with Gasteiger partial charge in [0.2, 0.25) is 0 Å². The van der Waals surface area contributed by atoms with Gasteiger partial charge in [0.15, 0.2) is 0 Å². The van der Waals surface area contributed by atoms with Gasteiger partial charge in [-0.2, -0.15) is 0 Å². The summed E-state index contributed by atoms with van der Waals surface area (Å²) in [5.74, 6) is 0.682. The van der Waals surface area contributed by atoms with E-state index in [2.05, 4.69) is 10.0 Å². The summed E-state index contributed by atoms with van der Waals surface area (Å²) in [6, 6.07) is 11.3. The molecule has 0 amide bonds. The van der Waals surface area contributed by atoms with Crippen molar-refractivity contribution in [3.63, 3.8) is 0 Å². The zero-order chi connectivity index (χ0) is 17.3. The molecule has 0 unspecified atom stereocenters. The lowest BCUT2D eigenvalue weighted by molar-refractivity contribution is 0.411. The Bertz CT molecular complexity index is 841. The number of sulfonamides is 1. The Labute approximate surface area is 143 Å². The highest BCUT2D eigenvalue weighted by molar-refractivity contribution is 7.92. The molecule has 0 atom stereocenters. The molecule has 3 rings (SSSR count). The van der Waals surface area contributed by atoms with Crippen LogP contribution in [0, 0.1) is 13.8 Å². The molecule has 0 heterocycles. The standard InChI is InChI=1S/C18H22N2O3S/c1-12-11-18(13(2)10-17(12)23-3)24(21,22)20-16-8-6-15(7-9-16)19-14-4-5-14/h6-11,14,19-20H,4-5H2,1-3H3. The van der Waals surface area contributed by atoms with Crippen molar-refractivity contribution in [1.29, 1.82) is 0 Å². The minimum atomic E-state index is -3.64. The van der Waals surface area contributed by atoms with Crippen molar-refractivity contribution in [2.24, 2.45) is 0 Å². The van der Waals surface area contributed by atoms with Crippen LogP contribution in [-0.4, -0.2) is 21.6 Å². The molecule has 128 valence electrons. The van der Waals surface area contributed by atoms with Crippen LogP contribution in [0.3, 0.4) is 0 Å². The van der Waals surface area contributed by atoms with Gasteiger partial charge in [-0.1, -0.05) is 0 Å². The first kappa shape index (κ1) is 16.6. The summed E-state index contributed by atoms with van der Waals surface area (Å²) in [4.78, 5) is 0.265. The molecule has 2 aromatic rings. The quantitative estimate of drug-likeness (QED) is 0.837. The largest absolute Gasteiger partial charge is 0.496 e. The smallest absolute Gasteiger partial charge is 0.262 e. The Balaban J connectivity index is 1.81. The third-order valence-corrected chi connectivity index (χ3v) is 5.59. The van der Waals surface area contributed by atoms with E-state index in [0.717, 1.165) is 11.3 Å². The number of benzene rings is 2. The Hall–Kier alpha value is -2.21. The number of rotatable bonds is 6. The van der Waals surface area contributed by atoms with Crippen LogP contribution in [-0.2, 0) is 10.0 Å². The number of hydrogen-bond acceptors (Lipinski definition) is 4. The number of hydrogen-bond donors (Lipinski definition) is 2. The molecular weight excluding hydrogens is 324 g/mol. The van der Waals surface area contributed by atoms with Crippen molar-refractivity contribution in [2.45, 2.75) is 37.6 Å². The van der Waals surface area contributed by atoms with E-state index in [-0.39, 0.29) is 4.90 Å². The van der Waals surface area contributed by atoms with Crippen LogP contribution in [0.25, 0.3) is 0 Å². The molecule has 0 bridgehead atoms. The predicted molar refractivity (Wildman–Crippen MR) is 96.4 cm³/mol. The highest BCUT2D eigenvalue weighted by Crippen LogP contribution is 2.28. The summed E-state index contributed by atoms with van der Waals surface area (Å²) >= 11 is 0. The second-order valence-corrected chi connectivity index (χ2v) is 7.84. The molecule has 2 aromatic carbocycles. The van der Waals surface area contributed by atoms with Crippen molar-refractivity contribution in [1.82, 2.24) is 0 Å². The Morgan fingerprint density at radius 3 is 2.21 bits per heavy atom. The van der Waals surface area contributed by atoms with Crippen LogP contribution in [0.5, 0.6) is 5.75 Å². The van der Waals surface area contributed by atoms with E-state index >= 15 is 0 Å². The minimum Gasteiger partial charge on any atom is -0.496 e. The van der Waals surface area contributed by atoms with E-state index in [0.29, 0.717) is 23.0 Å². The van der Waals surface area contributed by atoms with Gasteiger partial charge in [-0.15, -0.1) is 0 Å². The number of aryl methyl sites for hydroxylation is 2. The van der Waals surface area contributed by atoms with Crippen LogP contribution in [0.15, 0.2) is 41.3 Å². The summed E-state index contributed by atoms with van der Waals surface area (Å²) < 4.78 is 33.2. The first-order valence-corrected chi connectivity index (χ1v) is 9.42. The Kier molecular flexibility index (Phi) is 4.41. The third-order valence-electron chi connectivity index (χ3n) is 4.07. The molecule has 1 fully saturated rings. The van der Waals surface area contributed by atoms with E-state index in [9.17, 15) is 8.42 Å². The fourth-order valence-electron chi connectivity index (χ4n) is 2.58. The zero-order valence-corrected chi connectivity index (χ0v) is 14.9. The molecule has 5 nitrogen and oxygen atoms in total. The van der Waals surface area contributed by atoms with Crippen LogP contribution in [0.4, 0.5) is 11.4 Å². The average molecular weight is 346 g/mol. The van der Waals surface area contributed by atoms with Gasteiger partial charge in [0.05, 0.1) is 12.0 Å². The fourth-order valence-corrected chi connectivity index (χ4v) is 3.95. The Morgan fingerprint density at radius 2 is 1.62 bits per heavy atom. The highest BCUT2D eigenvalue weighted by Gasteiger charge is 2.21. The lowest BCUT2D eigenvalue weighted by atomic mass is 10.1. The van der Waals surface area contributed by atoms with Gasteiger partial charge in [0, 0.05) is 17.4 Å². The molecular formula is C18H22N2O3S. The van der Waals surface area contributed by atoms with E-state index in [1.165, 1.54) is 12.8 Å². The third kappa shape index (κ3) is 3.64. The molecule has 0 aliphatic heterocycles. The molecule has 2 N–H and O–H groups in total. The number of anilines is 2. The average Bonchev–Trinajstić information content (AvgIpc) is 3.34. The van der Waals surface area contributed by atoms with Crippen molar-refractivity contribution in [2.75, 3.05) is 17.1 Å². The van der Waals surface area contributed by atoms with Gasteiger partial charge in [0.1, 0.15) is 5.75 Å². The van der Waals surface area contributed by atoms with Crippen molar-refractivity contribution in [3.8, 4) is 5.75 Å². The first-order chi connectivity index (χ1) is 11.4. The second-order valence-electron chi connectivity index (χ2n) is 6.19. The van der Waals surface area contributed by atoms with E-state index in [1.807, 2.05) is 19.1 Å². The molecule has 24 heavy (non-hydrogen) atoms. The number of ether oxygens (including phenoxy) is 1. The molecule has 0 radical (unpaired) electrons. The number of methoxy groups -OCH3 is 1. The zero-order valence-electron chi connectivity index (χ0n) is 14.1. The summed E-state index contributed by atoms with van der Waals surface area (Å²) in [5, 5.41) is 3.38. The maximum atomic E-state index is 12.7. The minimum absolute atomic E-state index is 0.265. The first-order valence-electron chi connectivity index (χ1n) is 7.94. The Morgan fingerprint density at radius 1 is 1.00 bits per heavy atom. The fraction of sp³-hybridized carbons (Fsp3) is 0.333. The van der Waals surface area contributed by atoms with Crippen LogP contribution >= 0.6 is 0 Å². The topological polar surface area (TPSA) is 67.4 Å². The molecule has 1 aliphatic rings. The van der Waals surface area contributed by atoms with Gasteiger partial charge in [0.25, 0.3) is 10.0 Å². The molecule has 6 heteroatoms. The second kappa shape index (κ2) is 6.36. The van der Waals surface area contributed by atoms with E-state index < -0.39 is 10.0 Å². The molecule has 1 saturated carbocycles. The molecule has 0 spiro atoms. The number of nitrogens with one attached hydrogen (secondary N) is 2. The maximum absolute atomic E-state index is 12.7. The summed E-state index contributed by atoms with van der Waals surface area (Å²) in [6.45, 7) is 3.59. The normalized spacial score (nSPS) is 14.3. The summed E-state index contributed by atoms with van der Waals surface area (Å²) in [7, 11) is -2.07. The van der Waals surface area contributed by atoms with Crippen molar-refractivity contribution < 1.29 is 13.2 Å². The van der Waals surface area contributed by atoms with Crippen LogP contribution < -0.4 is 14.8 Å². The highest BCUT2D eigenvalue weighted by atomic mass is 32.2. The molecule has 0 saturated heterocycles. The maximum Gasteiger partial charge on any atom is 0.262 e. The lowest BCUT2D eigenvalue weighted by Gasteiger charge is -2.14. The molecule has 1 aliphatic carbocycles. The van der Waals surface area contributed by atoms with Gasteiger partial charge >= 0.3 is 0 Å². The lowest BCUT2D eigenvalue weighted by Crippen LogP contribution is -2.14. The van der Waals surface area contributed by atoms with Crippen LogP contribution in [0.2, 0.25) is 0 Å². The van der Waals surface area contributed by atoms with Gasteiger partial charge < -0.3 is 10.1 Å². The summed E-state index contributed by atoms with van der Waals surface area (Å²) in [5.41, 5.74) is 2.99. The monoisotopic (exact) mass is 346 g/mol. The van der Waals surface area contributed by atoms with E-state index in [1.54, 1.807) is 38.3 Å². The van der Waals surface area contributed by atoms with Gasteiger partial charge in [-0.3, -0.25) is 4.72 Å².